The van der Waals surface area contributed by atoms with E-state index in [1.165, 1.54) is 0 Å². The molecule has 5 rings (SSSR count). The van der Waals surface area contributed by atoms with Crippen LogP contribution >= 0.6 is 0 Å². The van der Waals surface area contributed by atoms with Gasteiger partial charge in [0, 0.05) is 63.9 Å². The second-order valence-electron chi connectivity index (χ2n) is 8.66. The summed E-state index contributed by atoms with van der Waals surface area (Å²) < 4.78 is 5.59. The lowest BCUT2D eigenvalue weighted by atomic mass is 9.83. The Morgan fingerprint density at radius 3 is 2.77 bits per heavy atom. The molecule has 2 aliphatic rings. The number of rotatable bonds is 5. The summed E-state index contributed by atoms with van der Waals surface area (Å²) >= 11 is 0. The van der Waals surface area contributed by atoms with E-state index in [1.807, 2.05) is 43.2 Å². The highest BCUT2D eigenvalue weighted by atomic mass is 16.2. The van der Waals surface area contributed by atoms with Crippen LogP contribution in [-0.4, -0.2) is 47.8 Å². The van der Waals surface area contributed by atoms with Crippen molar-refractivity contribution < 1.29 is 4.79 Å². The molecule has 3 aromatic rings. The molecule has 2 bridgehead atoms. The number of piperidine rings is 1. The molecule has 0 aromatic carbocycles. The molecule has 3 aromatic heterocycles. The molecule has 31 heavy (non-hydrogen) atoms. The zero-order chi connectivity index (χ0) is 21.5. The molecule has 1 N–H and O–H groups in total. The van der Waals surface area contributed by atoms with Gasteiger partial charge in [-0.15, -0.1) is 0 Å². The Labute approximate surface area is 180 Å². The summed E-state index contributed by atoms with van der Waals surface area (Å²) in [6, 6.07) is 5.49. The third kappa shape index (κ3) is 3.69. The first-order chi connectivity index (χ1) is 15.0. The summed E-state index contributed by atoms with van der Waals surface area (Å²) in [5, 5.41) is 6.95. The van der Waals surface area contributed by atoms with Crippen molar-refractivity contribution >= 4 is 5.91 Å². The van der Waals surface area contributed by atoms with Gasteiger partial charge in [-0.3, -0.25) is 19.2 Å². The maximum Gasteiger partial charge on any atom is 0.263 e. The Hall–Kier alpha value is -3.20. The van der Waals surface area contributed by atoms with Gasteiger partial charge in [0.1, 0.15) is 11.4 Å². The van der Waals surface area contributed by atoms with E-state index in [4.69, 9.17) is 0 Å². The molecular weight excluding hydrogens is 394 g/mol. The summed E-state index contributed by atoms with van der Waals surface area (Å²) in [5.41, 5.74) is 1.94. The van der Waals surface area contributed by atoms with Crippen molar-refractivity contribution in [3.8, 4) is 0 Å². The van der Waals surface area contributed by atoms with Crippen LogP contribution in [0.4, 0.5) is 0 Å². The number of imidazole rings is 1. The number of pyridine rings is 1. The van der Waals surface area contributed by atoms with Gasteiger partial charge in [0.2, 0.25) is 0 Å². The number of nitrogens with one attached hydrogen (secondary N) is 1. The molecule has 0 saturated carbocycles. The summed E-state index contributed by atoms with van der Waals surface area (Å²) in [5.74, 6) is 1.41. The predicted octanol–water partition coefficient (Wildman–Crippen LogP) is 0.865. The topological polar surface area (TPSA) is 90.0 Å². The lowest BCUT2D eigenvalue weighted by molar-refractivity contribution is 0.0942. The Bertz CT molecular complexity index is 1170. The fraction of sp³-hybridized carbons (Fsp3) is 0.455. The Kier molecular flexibility index (Phi) is 4.97. The molecule has 9 heteroatoms. The largest absolute Gasteiger partial charge is 0.346 e. The molecule has 9 nitrogen and oxygen atoms in total. The number of fused-ring (bicyclic) bond motifs is 4. The van der Waals surface area contributed by atoms with E-state index in [2.05, 4.69) is 24.9 Å². The lowest BCUT2D eigenvalue weighted by Crippen LogP contribution is -2.48. The van der Waals surface area contributed by atoms with Gasteiger partial charge in [-0.05, 0) is 30.5 Å². The van der Waals surface area contributed by atoms with Crippen molar-refractivity contribution in [2.45, 2.75) is 32.0 Å². The summed E-state index contributed by atoms with van der Waals surface area (Å²) in [6.07, 6.45) is 6.57. The molecule has 2 atom stereocenters. The van der Waals surface area contributed by atoms with Crippen molar-refractivity contribution in [3.05, 3.63) is 69.9 Å². The highest BCUT2D eigenvalue weighted by Crippen LogP contribution is 2.35. The summed E-state index contributed by atoms with van der Waals surface area (Å²) in [4.78, 5) is 32.7. The molecule has 0 aliphatic carbocycles. The zero-order valence-corrected chi connectivity index (χ0v) is 17.9. The maximum absolute atomic E-state index is 13.2. The first-order valence-corrected chi connectivity index (χ1v) is 10.7. The number of hydrogen-bond donors (Lipinski definition) is 1. The van der Waals surface area contributed by atoms with Crippen LogP contribution < -0.4 is 10.9 Å². The van der Waals surface area contributed by atoms with Crippen molar-refractivity contribution in [1.29, 1.82) is 0 Å². The monoisotopic (exact) mass is 421 g/mol. The van der Waals surface area contributed by atoms with Gasteiger partial charge in [0.25, 0.3) is 11.5 Å². The number of aromatic nitrogens is 5. The van der Waals surface area contributed by atoms with Crippen LogP contribution in [0.5, 0.6) is 0 Å². The molecule has 0 unspecified atom stereocenters. The predicted molar refractivity (Wildman–Crippen MR) is 114 cm³/mol. The van der Waals surface area contributed by atoms with Crippen molar-refractivity contribution in [3.63, 3.8) is 0 Å². The van der Waals surface area contributed by atoms with Gasteiger partial charge in [-0.25, -0.2) is 4.98 Å². The molecule has 1 amide bonds. The molecule has 0 radical (unpaired) electrons. The summed E-state index contributed by atoms with van der Waals surface area (Å²) in [7, 11) is 3.84. The highest BCUT2D eigenvalue weighted by molar-refractivity contribution is 5.93. The number of aryl methyl sites for hydroxylation is 2. The van der Waals surface area contributed by atoms with Crippen molar-refractivity contribution in [1.82, 2.24) is 34.1 Å². The second-order valence-corrected chi connectivity index (χ2v) is 8.66. The molecular formula is C22H27N7O2. The molecule has 1 fully saturated rings. The Morgan fingerprint density at radius 2 is 2.03 bits per heavy atom. The average molecular weight is 422 g/mol. The van der Waals surface area contributed by atoms with Crippen molar-refractivity contribution in [2.75, 3.05) is 13.1 Å². The normalized spacial score (nSPS) is 20.5. The number of hydrogen-bond acceptors (Lipinski definition) is 5. The minimum Gasteiger partial charge on any atom is -0.346 e. The van der Waals surface area contributed by atoms with Gasteiger partial charge in [-0.1, -0.05) is 0 Å². The van der Waals surface area contributed by atoms with Gasteiger partial charge in [-0.2, -0.15) is 5.10 Å². The number of carbonyl (C=O) groups is 1. The minimum atomic E-state index is -0.339. The fourth-order valence-electron chi connectivity index (χ4n) is 4.94. The highest BCUT2D eigenvalue weighted by Gasteiger charge is 2.35. The number of nitrogens with zero attached hydrogens (tertiary/aromatic N) is 6. The van der Waals surface area contributed by atoms with E-state index >= 15 is 0 Å². The van der Waals surface area contributed by atoms with E-state index in [9.17, 15) is 9.59 Å². The first-order valence-electron chi connectivity index (χ1n) is 10.7. The Balaban J connectivity index is 1.33. The van der Waals surface area contributed by atoms with Crippen LogP contribution in [0.1, 0.15) is 39.9 Å². The lowest BCUT2D eigenvalue weighted by Gasteiger charge is -2.42. The first kappa shape index (κ1) is 19.7. The van der Waals surface area contributed by atoms with E-state index in [-0.39, 0.29) is 17.0 Å². The SMILES string of the molecule is Cn1ccnc1CN1C[C@@H]2C[C@H](C1)c1ccc(C(=O)NCc3ccnn3C)c(=O)n1C2. The van der Waals surface area contributed by atoms with Crippen molar-refractivity contribution in [2.24, 2.45) is 20.0 Å². The molecule has 162 valence electrons. The molecule has 2 aliphatic heterocycles. The fourth-order valence-corrected chi connectivity index (χ4v) is 4.94. The minimum absolute atomic E-state index is 0.188. The second kappa shape index (κ2) is 7.81. The molecule has 1 saturated heterocycles. The van der Waals surface area contributed by atoms with Crippen LogP contribution in [0.3, 0.4) is 0 Å². The standard InChI is InChI=1S/C22H27N7O2/c1-26-8-7-23-20(26)14-28-11-15-9-16(13-28)19-4-3-18(22(31)29(19)12-15)21(30)24-10-17-5-6-25-27(17)2/h3-8,15-16H,9-14H2,1-2H3,(H,24,30)/t15-,16+/m0/s1. The third-order valence-electron chi connectivity index (χ3n) is 6.56. The molecule has 5 heterocycles. The van der Waals surface area contributed by atoms with Gasteiger partial charge in [0.05, 0.1) is 18.8 Å². The maximum atomic E-state index is 13.2. The molecule has 0 spiro atoms. The van der Waals surface area contributed by atoms with E-state index < -0.39 is 0 Å². The number of amides is 1. The average Bonchev–Trinajstić information content (AvgIpc) is 3.34. The van der Waals surface area contributed by atoms with Gasteiger partial charge >= 0.3 is 0 Å². The van der Waals surface area contributed by atoms with Crippen LogP contribution in [0.15, 0.2) is 41.6 Å². The van der Waals surface area contributed by atoms with E-state index in [0.717, 1.165) is 43.3 Å². The quantitative estimate of drug-likeness (QED) is 0.660. The van der Waals surface area contributed by atoms with Crippen LogP contribution in [0.2, 0.25) is 0 Å². The van der Waals surface area contributed by atoms with E-state index in [0.29, 0.717) is 24.9 Å². The Morgan fingerprint density at radius 1 is 1.16 bits per heavy atom. The number of carbonyl (C=O) groups excluding carboxylic acids is 1. The third-order valence-corrected chi connectivity index (χ3v) is 6.56. The van der Waals surface area contributed by atoms with Gasteiger partial charge < -0.3 is 14.5 Å². The van der Waals surface area contributed by atoms with Crippen LogP contribution in [0.25, 0.3) is 0 Å². The van der Waals surface area contributed by atoms with Crippen LogP contribution in [0, 0.1) is 5.92 Å². The van der Waals surface area contributed by atoms with Crippen LogP contribution in [-0.2, 0) is 33.7 Å². The smallest absolute Gasteiger partial charge is 0.263 e. The van der Waals surface area contributed by atoms with Gasteiger partial charge in [0.15, 0.2) is 0 Å². The number of likely N-dealkylation sites (tertiary alicyclic amines) is 1. The zero-order valence-electron chi connectivity index (χ0n) is 17.9. The van der Waals surface area contributed by atoms with E-state index in [1.54, 1.807) is 16.9 Å². The summed E-state index contributed by atoms with van der Waals surface area (Å²) in [6.45, 7) is 3.64.